The van der Waals surface area contributed by atoms with Gasteiger partial charge in [-0.05, 0) is 30.7 Å². The van der Waals surface area contributed by atoms with Crippen molar-refractivity contribution in [1.29, 1.82) is 0 Å². The monoisotopic (exact) mass is 236 g/mol. The summed E-state index contributed by atoms with van der Waals surface area (Å²) in [6.45, 7) is 1.82. The molecule has 0 spiro atoms. The molecule has 0 fully saturated rings. The molecule has 17 heavy (non-hydrogen) atoms. The maximum atomic E-state index is 13.2. The van der Waals surface area contributed by atoms with Gasteiger partial charge in [0, 0.05) is 23.0 Å². The number of aryl methyl sites for hydroxylation is 1. The van der Waals surface area contributed by atoms with Gasteiger partial charge >= 0.3 is 5.97 Å². The van der Waals surface area contributed by atoms with E-state index in [1.165, 1.54) is 12.1 Å². The minimum atomic E-state index is -1.06. The van der Waals surface area contributed by atoms with Crippen LogP contribution in [0, 0.1) is 12.7 Å². The minimum absolute atomic E-state index is 0.185. The van der Waals surface area contributed by atoms with Crippen molar-refractivity contribution in [3.05, 3.63) is 35.3 Å². The molecule has 4 N–H and O–H groups in total. The highest BCUT2D eigenvalue weighted by atomic mass is 19.1. The van der Waals surface area contributed by atoms with Crippen molar-refractivity contribution >= 4 is 16.9 Å². The number of halogens is 1. The van der Waals surface area contributed by atoms with Crippen LogP contribution in [0.4, 0.5) is 4.39 Å². The number of rotatable bonds is 3. The number of hydrogen-bond donors (Lipinski definition) is 3. The van der Waals surface area contributed by atoms with Gasteiger partial charge in [-0.25, -0.2) is 4.39 Å². The van der Waals surface area contributed by atoms with E-state index in [-0.39, 0.29) is 12.2 Å². The second-order valence-electron chi connectivity index (χ2n) is 4.07. The number of nitrogens with one attached hydrogen (secondary N) is 1. The highest BCUT2D eigenvalue weighted by Gasteiger charge is 2.17. The van der Waals surface area contributed by atoms with Gasteiger partial charge in [-0.2, -0.15) is 0 Å². The molecule has 1 aromatic heterocycles. The summed E-state index contributed by atoms with van der Waals surface area (Å²) in [4.78, 5) is 13.8. The zero-order chi connectivity index (χ0) is 12.6. The van der Waals surface area contributed by atoms with Crippen molar-refractivity contribution in [1.82, 2.24) is 4.98 Å². The number of hydrogen-bond acceptors (Lipinski definition) is 2. The Labute approximate surface area is 97.2 Å². The largest absolute Gasteiger partial charge is 0.480 e. The molecular weight excluding hydrogens is 223 g/mol. The predicted octanol–water partition coefficient (Wildman–Crippen LogP) is 1.57. The Kier molecular flexibility index (Phi) is 2.85. The first-order chi connectivity index (χ1) is 7.99. The third-order valence-electron chi connectivity index (χ3n) is 2.82. The number of carbonyl (C=O) groups is 1. The maximum Gasteiger partial charge on any atom is 0.320 e. The van der Waals surface area contributed by atoms with E-state index < -0.39 is 12.0 Å². The fourth-order valence-corrected chi connectivity index (χ4v) is 1.92. The first-order valence-electron chi connectivity index (χ1n) is 5.24. The Morgan fingerprint density at radius 3 is 2.94 bits per heavy atom. The molecule has 0 aliphatic heterocycles. The van der Waals surface area contributed by atoms with E-state index >= 15 is 0 Å². The number of aliphatic carboxylic acids is 1. The zero-order valence-electron chi connectivity index (χ0n) is 9.33. The van der Waals surface area contributed by atoms with Crippen LogP contribution in [0.2, 0.25) is 0 Å². The molecule has 0 aliphatic rings. The van der Waals surface area contributed by atoms with Crippen LogP contribution >= 0.6 is 0 Å². The number of H-pyrrole nitrogens is 1. The molecule has 2 aromatic rings. The fraction of sp³-hybridized carbons (Fsp3) is 0.250. The van der Waals surface area contributed by atoms with Crippen molar-refractivity contribution in [2.24, 2.45) is 5.73 Å². The highest BCUT2D eigenvalue weighted by Crippen LogP contribution is 2.24. The molecule has 0 aliphatic carbocycles. The molecule has 0 bridgehead atoms. The van der Waals surface area contributed by atoms with Gasteiger partial charge in [0.2, 0.25) is 0 Å². The van der Waals surface area contributed by atoms with Crippen LogP contribution in [-0.2, 0) is 11.2 Å². The van der Waals surface area contributed by atoms with Gasteiger partial charge in [0.1, 0.15) is 11.9 Å². The average Bonchev–Trinajstić information content (AvgIpc) is 2.55. The average molecular weight is 236 g/mol. The van der Waals surface area contributed by atoms with Gasteiger partial charge < -0.3 is 15.8 Å². The SMILES string of the molecule is Cc1[nH]c2ccc(F)cc2c1CC(N)C(=O)O. The van der Waals surface area contributed by atoms with Crippen molar-refractivity contribution in [3.63, 3.8) is 0 Å². The van der Waals surface area contributed by atoms with Gasteiger partial charge in [0.05, 0.1) is 0 Å². The smallest absolute Gasteiger partial charge is 0.320 e. The first-order valence-corrected chi connectivity index (χ1v) is 5.24. The summed E-state index contributed by atoms with van der Waals surface area (Å²) >= 11 is 0. The van der Waals surface area contributed by atoms with Crippen LogP contribution < -0.4 is 5.73 Å². The summed E-state index contributed by atoms with van der Waals surface area (Å²) < 4.78 is 13.2. The molecule has 0 saturated heterocycles. The summed E-state index contributed by atoms with van der Waals surface area (Å²) in [5.41, 5.74) is 7.87. The normalized spacial score (nSPS) is 12.9. The number of aromatic nitrogens is 1. The zero-order valence-corrected chi connectivity index (χ0v) is 9.33. The van der Waals surface area contributed by atoms with Crippen molar-refractivity contribution < 1.29 is 14.3 Å². The second-order valence-corrected chi connectivity index (χ2v) is 4.07. The quantitative estimate of drug-likeness (QED) is 0.756. The number of carboxylic acid groups (broad SMARTS) is 1. The number of benzene rings is 1. The van der Waals surface area contributed by atoms with Crippen LogP contribution in [0.25, 0.3) is 10.9 Å². The molecule has 0 saturated carbocycles. The lowest BCUT2D eigenvalue weighted by atomic mass is 10.0. The Balaban J connectivity index is 2.48. The van der Waals surface area contributed by atoms with E-state index in [1.54, 1.807) is 6.07 Å². The van der Waals surface area contributed by atoms with E-state index in [0.29, 0.717) is 5.39 Å². The maximum absolute atomic E-state index is 13.2. The summed E-state index contributed by atoms with van der Waals surface area (Å²) in [6, 6.07) is 3.41. The summed E-state index contributed by atoms with van der Waals surface area (Å²) in [6.07, 6.45) is 0.185. The summed E-state index contributed by atoms with van der Waals surface area (Å²) in [7, 11) is 0. The topological polar surface area (TPSA) is 79.1 Å². The molecule has 1 aromatic carbocycles. The predicted molar refractivity (Wildman–Crippen MR) is 62.3 cm³/mol. The number of fused-ring (bicyclic) bond motifs is 1. The minimum Gasteiger partial charge on any atom is -0.480 e. The lowest BCUT2D eigenvalue weighted by Crippen LogP contribution is -2.32. The number of carboxylic acids is 1. The van der Waals surface area contributed by atoms with Crippen molar-refractivity contribution in [2.75, 3.05) is 0 Å². The van der Waals surface area contributed by atoms with Crippen molar-refractivity contribution in [2.45, 2.75) is 19.4 Å². The summed E-state index contributed by atoms with van der Waals surface area (Å²) in [5.74, 6) is -1.41. The van der Waals surface area contributed by atoms with Crippen molar-refractivity contribution in [3.8, 4) is 0 Å². The van der Waals surface area contributed by atoms with Crippen LogP contribution in [0.1, 0.15) is 11.3 Å². The molecular formula is C12H13FN2O2. The molecule has 5 heteroatoms. The highest BCUT2D eigenvalue weighted by molar-refractivity contribution is 5.85. The van der Waals surface area contributed by atoms with E-state index in [9.17, 15) is 9.18 Å². The van der Waals surface area contributed by atoms with Crippen LogP contribution in [0.15, 0.2) is 18.2 Å². The summed E-state index contributed by atoms with van der Waals surface area (Å²) in [5, 5.41) is 9.48. The van der Waals surface area contributed by atoms with Crippen LogP contribution in [0.5, 0.6) is 0 Å². The Bertz CT molecular complexity index is 577. The number of aromatic amines is 1. The van der Waals surface area contributed by atoms with Gasteiger partial charge in [-0.3, -0.25) is 4.79 Å². The lowest BCUT2D eigenvalue weighted by Gasteiger charge is -2.06. The van der Waals surface area contributed by atoms with Gasteiger partial charge in [0.15, 0.2) is 0 Å². The lowest BCUT2D eigenvalue weighted by molar-refractivity contribution is -0.138. The Hall–Kier alpha value is -1.88. The molecule has 90 valence electrons. The molecule has 4 nitrogen and oxygen atoms in total. The van der Waals surface area contributed by atoms with E-state index in [2.05, 4.69) is 4.98 Å². The first kappa shape index (κ1) is 11.6. The molecule has 0 amide bonds. The second kappa shape index (κ2) is 4.18. The third kappa shape index (κ3) is 2.14. The van der Waals surface area contributed by atoms with E-state index in [4.69, 9.17) is 10.8 Å². The van der Waals surface area contributed by atoms with E-state index in [1.807, 2.05) is 6.92 Å². The van der Waals surface area contributed by atoms with Crippen LogP contribution in [-0.4, -0.2) is 22.1 Å². The fourth-order valence-electron chi connectivity index (χ4n) is 1.92. The molecule has 0 radical (unpaired) electrons. The third-order valence-corrected chi connectivity index (χ3v) is 2.82. The van der Waals surface area contributed by atoms with Gasteiger partial charge in [0.25, 0.3) is 0 Å². The van der Waals surface area contributed by atoms with Gasteiger partial charge in [-0.15, -0.1) is 0 Å². The molecule has 1 unspecified atom stereocenters. The van der Waals surface area contributed by atoms with E-state index in [0.717, 1.165) is 16.8 Å². The Morgan fingerprint density at radius 1 is 1.59 bits per heavy atom. The van der Waals surface area contributed by atoms with Crippen LogP contribution in [0.3, 0.4) is 0 Å². The molecule has 1 atom stereocenters. The molecule has 2 rings (SSSR count). The molecule has 1 heterocycles. The standard InChI is InChI=1S/C12H13FN2O2/c1-6-8(5-10(14)12(16)17)9-4-7(13)2-3-11(9)15-6/h2-4,10,15H,5,14H2,1H3,(H,16,17). The Morgan fingerprint density at radius 2 is 2.29 bits per heavy atom. The number of nitrogens with two attached hydrogens (primary N) is 1. The van der Waals surface area contributed by atoms with Gasteiger partial charge in [-0.1, -0.05) is 0 Å².